The van der Waals surface area contributed by atoms with E-state index in [2.05, 4.69) is 0 Å². The van der Waals surface area contributed by atoms with Crippen LogP contribution in [0.5, 0.6) is 11.5 Å². The minimum absolute atomic E-state index is 0.0118. The number of hydrogen-bond donors (Lipinski definition) is 2. The zero-order valence-electron chi connectivity index (χ0n) is 15.2. The number of rotatable bonds is 0. The summed E-state index contributed by atoms with van der Waals surface area (Å²) in [5.74, 6) is -3.82. The van der Waals surface area contributed by atoms with Gasteiger partial charge in [-0.25, -0.2) is 0 Å². The lowest BCUT2D eigenvalue weighted by atomic mass is 9.58. The average molecular weight is 390 g/mol. The maximum absolute atomic E-state index is 13.6. The van der Waals surface area contributed by atoms with Gasteiger partial charge in [0, 0.05) is 17.0 Å². The molecule has 6 rings (SSSR count). The number of phenols is 2. The highest BCUT2D eigenvalue weighted by Gasteiger charge is 2.94. The first-order valence-corrected chi connectivity index (χ1v) is 9.25. The number of benzene rings is 2. The van der Waals surface area contributed by atoms with Gasteiger partial charge in [-0.1, -0.05) is 24.3 Å². The van der Waals surface area contributed by atoms with E-state index < -0.39 is 45.7 Å². The normalized spacial score (nSPS) is 36.1. The quantitative estimate of drug-likeness (QED) is 0.661. The molecule has 0 bridgehead atoms. The molecule has 2 aromatic carbocycles. The van der Waals surface area contributed by atoms with Gasteiger partial charge in [0.1, 0.15) is 11.5 Å². The van der Waals surface area contributed by atoms with E-state index in [-0.39, 0.29) is 40.2 Å². The van der Waals surface area contributed by atoms with Crippen LogP contribution in [0.1, 0.15) is 54.8 Å². The highest BCUT2D eigenvalue weighted by Crippen LogP contribution is 2.76. The van der Waals surface area contributed by atoms with Crippen LogP contribution in [-0.4, -0.2) is 44.5 Å². The van der Waals surface area contributed by atoms with Crippen molar-refractivity contribution >= 4 is 23.1 Å². The molecule has 3 aliphatic carbocycles. The molecule has 1 aliphatic heterocycles. The lowest BCUT2D eigenvalue weighted by Crippen LogP contribution is -2.56. The van der Waals surface area contributed by atoms with E-state index in [1.165, 1.54) is 43.3 Å². The predicted molar refractivity (Wildman–Crippen MR) is 96.3 cm³/mol. The number of hydrogen-bond acceptors (Lipinski definition) is 7. The maximum atomic E-state index is 13.6. The van der Waals surface area contributed by atoms with Crippen molar-refractivity contribution in [1.82, 2.24) is 0 Å². The number of ketones is 4. The summed E-state index contributed by atoms with van der Waals surface area (Å²) in [6, 6.07) is 8.39. The molecule has 0 radical (unpaired) electrons. The summed E-state index contributed by atoms with van der Waals surface area (Å²) < 4.78 is 5.84. The van der Waals surface area contributed by atoms with Crippen LogP contribution in [0, 0.1) is 11.3 Å². The Morgan fingerprint density at radius 3 is 2.10 bits per heavy atom. The van der Waals surface area contributed by atoms with Crippen LogP contribution in [-0.2, 0) is 4.74 Å². The van der Waals surface area contributed by atoms with E-state index in [1.54, 1.807) is 0 Å². The number of carbonyl (C=O) groups excluding carboxylic acids is 4. The summed E-state index contributed by atoms with van der Waals surface area (Å²) in [4.78, 5) is 53.8. The molecule has 2 fully saturated rings. The predicted octanol–water partition coefficient (Wildman–Crippen LogP) is 2.09. The van der Waals surface area contributed by atoms with Gasteiger partial charge < -0.3 is 14.9 Å². The summed E-state index contributed by atoms with van der Waals surface area (Å²) >= 11 is 0. The van der Waals surface area contributed by atoms with Gasteiger partial charge in [-0.3, -0.25) is 19.2 Å². The van der Waals surface area contributed by atoms with E-state index >= 15 is 0 Å². The fraction of sp³-hybridized carbons (Fsp3) is 0.273. The smallest absolute Gasteiger partial charge is 0.203 e. The van der Waals surface area contributed by atoms with Crippen molar-refractivity contribution < 1.29 is 34.1 Å². The average Bonchev–Trinajstić information content (AvgIpc) is 3.34. The summed E-state index contributed by atoms with van der Waals surface area (Å²) in [5.41, 5.74) is -5.25. The Labute approximate surface area is 163 Å². The molecule has 144 valence electrons. The topological polar surface area (TPSA) is 121 Å². The Kier molecular flexibility index (Phi) is 2.56. The van der Waals surface area contributed by atoms with Gasteiger partial charge in [0.2, 0.25) is 5.78 Å². The van der Waals surface area contributed by atoms with Crippen molar-refractivity contribution in [2.45, 2.75) is 24.5 Å². The summed E-state index contributed by atoms with van der Waals surface area (Å²) in [5, 5.41) is 20.5. The van der Waals surface area contributed by atoms with E-state index in [9.17, 15) is 29.4 Å². The molecule has 29 heavy (non-hydrogen) atoms. The Hall–Kier alpha value is -3.32. The second-order valence-corrected chi connectivity index (χ2v) is 8.32. The number of aromatic hydroxyl groups is 2. The molecule has 1 saturated carbocycles. The standard InChI is InChI=1S/C22H14O7/c1-20-11(16(25)14-9(17(20)26)4-2-6-12(14)23)8-21-18(27)10-5-3-7-13(24)15(10)19(28)22(20,21)29-21/h2-7,11,23-24H,8H2,1H3. The van der Waals surface area contributed by atoms with Crippen LogP contribution in [0.15, 0.2) is 36.4 Å². The Bertz CT molecular complexity index is 1240. The SMILES string of the molecule is CC12C(=O)c3cccc(O)c3C(=O)C1CC13OC12C(=O)c1c(O)cccc1C3=O. The number of Topliss-reactive ketones (excluding diaryl/α,β-unsaturated/α-hetero) is 4. The summed E-state index contributed by atoms with van der Waals surface area (Å²) in [6.45, 7) is 1.48. The van der Waals surface area contributed by atoms with Crippen molar-refractivity contribution in [1.29, 1.82) is 0 Å². The molecule has 1 heterocycles. The first-order chi connectivity index (χ1) is 13.7. The molecule has 0 aromatic heterocycles. The molecule has 7 nitrogen and oxygen atoms in total. The minimum Gasteiger partial charge on any atom is -0.507 e. The third-order valence-corrected chi connectivity index (χ3v) is 7.30. The zero-order chi connectivity index (χ0) is 20.5. The largest absolute Gasteiger partial charge is 0.507 e. The van der Waals surface area contributed by atoms with Gasteiger partial charge in [0.15, 0.2) is 28.6 Å². The van der Waals surface area contributed by atoms with Crippen molar-refractivity contribution in [2.24, 2.45) is 11.3 Å². The first kappa shape index (κ1) is 16.6. The molecule has 4 unspecified atom stereocenters. The zero-order valence-corrected chi connectivity index (χ0v) is 15.2. The molecule has 4 atom stereocenters. The van der Waals surface area contributed by atoms with Crippen LogP contribution < -0.4 is 0 Å². The molecular formula is C22H14O7. The van der Waals surface area contributed by atoms with E-state index in [1.807, 2.05) is 0 Å². The summed E-state index contributed by atoms with van der Waals surface area (Å²) in [6.07, 6.45) is -0.123. The Morgan fingerprint density at radius 2 is 1.45 bits per heavy atom. The number of epoxide rings is 1. The molecule has 7 heteroatoms. The van der Waals surface area contributed by atoms with Gasteiger partial charge in [0.25, 0.3) is 0 Å². The lowest BCUT2D eigenvalue weighted by Gasteiger charge is -2.39. The summed E-state index contributed by atoms with van der Waals surface area (Å²) in [7, 11) is 0. The first-order valence-electron chi connectivity index (χ1n) is 9.25. The molecule has 4 aliphatic rings. The van der Waals surface area contributed by atoms with Gasteiger partial charge in [-0.15, -0.1) is 0 Å². The number of carbonyl (C=O) groups is 4. The van der Waals surface area contributed by atoms with Gasteiger partial charge in [-0.05, 0) is 25.5 Å². The monoisotopic (exact) mass is 390 g/mol. The number of phenolic OH excluding ortho intramolecular Hbond substituents is 2. The van der Waals surface area contributed by atoms with Crippen molar-refractivity contribution in [3.05, 3.63) is 58.7 Å². The highest BCUT2D eigenvalue weighted by atomic mass is 16.6. The van der Waals surface area contributed by atoms with E-state index in [4.69, 9.17) is 4.74 Å². The van der Waals surface area contributed by atoms with Crippen LogP contribution in [0.2, 0.25) is 0 Å². The second kappa shape index (κ2) is 4.46. The molecule has 0 spiro atoms. The van der Waals surface area contributed by atoms with Crippen molar-refractivity contribution in [2.75, 3.05) is 0 Å². The van der Waals surface area contributed by atoms with Crippen LogP contribution in [0.3, 0.4) is 0 Å². The molecule has 1 saturated heterocycles. The van der Waals surface area contributed by atoms with Gasteiger partial charge in [0.05, 0.1) is 16.5 Å². The van der Waals surface area contributed by atoms with Crippen LogP contribution >= 0.6 is 0 Å². The number of ether oxygens (including phenoxy) is 1. The fourth-order valence-electron chi connectivity index (χ4n) is 5.92. The van der Waals surface area contributed by atoms with Crippen molar-refractivity contribution in [3.63, 3.8) is 0 Å². The van der Waals surface area contributed by atoms with Crippen LogP contribution in [0.4, 0.5) is 0 Å². The fourth-order valence-corrected chi connectivity index (χ4v) is 5.92. The van der Waals surface area contributed by atoms with Gasteiger partial charge >= 0.3 is 0 Å². The molecule has 2 aromatic rings. The van der Waals surface area contributed by atoms with E-state index in [0.29, 0.717) is 0 Å². The van der Waals surface area contributed by atoms with Crippen molar-refractivity contribution in [3.8, 4) is 11.5 Å². The Balaban J connectivity index is 1.66. The third kappa shape index (κ3) is 1.39. The van der Waals surface area contributed by atoms with Gasteiger partial charge in [-0.2, -0.15) is 0 Å². The molecular weight excluding hydrogens is 376 g/mol. The second-order valence-electron chi connectivity index (χ2n) is 8.32. The van der Waals surface area contributed by atoms with E-state index in [0.717, 1.165) is 0 Å². The highest BCUT2D eigenvalue weighted by molar-refractivity contribution is 6.32. The van der Waals surface area contributed by atoms with Crippen LogP contribution in [0.25, 0.3) is 0 Å². The molecule has 0 amide bonds. The molecule has 2 N–H and O–H groups in total. The third-order valence-electron chi connectivity index (χ3n) is 7.30. The lowest BCUT2D eigenvalue weighted by molar-refractivity contribution is 0.0267. The minimum atomic E-state index is -1.83. The maximum Gasteiger partial charge on any atom is 0.203 e. The Morgan fingerprint density at radius 1 is 0.862 bits per heavy atom. The number of fused-ring (bicyclic) bond motifs is 3.